The van der Waals surface area contributed by atoms with Gasteiger partial charge in [0.25, 0.3) is 0 Å². The SMILES string of the molecule is Nc1ccc2nc(NC(=O)CCOC3CCCC3)sc2c1. The lowest BCUT2D eigenvalue weighted by atomic mass is 10.3. The van der Waals surface area contributed by atoms with Gasteiger partial charge in [-0.25, -0.2) is 4.98 Å². The van der Waals surface area contributed by atoms with Crippen molar-refractivity contribution in [2.45, 2.75) is 38.2 Å². The van der Waals surface area contributed by atoms with Crippen molar-refractivity contribution >= 4 is 38.3 Å². The highest BCUT2D eigenvalue weighted by Gasteiger charge is 2.15. The molecule has 1 heterocycles. The molecule has 5 nitrogen and oxygen atoms in total. The van der Waals surface area contributed by atoms with Crippen molar-refractivity contribution in [3.63, 3.8) is 0 Å². The average Bonchev–Trinajstić information content (AvgIpc) is 3.07. The second kappa shape index (κ2) is 6.41. The summed E-state index contributed by atoms with van der Waals surface area (Å²) in [6.45, 7) is 0.480. The lowest BCUT2D eigenvalue weighted by molar-refractivity contribution is -0.117. The summed E-state index contributed by atoms with van der Waals surface area (Å²) in [5.74, 6) is -0.0555. The van der Waals surface area contributed by atoms with Crippen LogP contribution in [0.15, 0.2) is 18.2 Å². The molecule has 3 rings (SSSR count). The number of aromatic nitrogens is 1. The van der Waals surface area contributed by atoms with Crippen LogP contribution in [0.2, 0.25) is 0 Å². The Morgan fingerprint density at radius 3 is 3.05 bits per heavy atom. The van der Waals surface area contributed by atoms with Gasteiger partial charge in [-0.05, 0) is 31.0 Å². The van der Waals surface area contributed by atoms with Crippen LogP contribution in [-0.2, 0) is 9.53 Å². The molecule has 112 valence electrons. The number of ether oxygens (including phenoxy) is 1. The van der Waals surface area contributed by atoms with Gasteiger partial charge in [0.2, 0.25) is 5.91 Å². The fraction of sp³-hybridized carbons (Fsp3) is 0.467. The zero-order chi connectivity index (χ0) is 14.7. The highest BCUT2D eigenvalue weighted by molar-refractivity contribution is 7.22. The van der Waals surface area contributed by atoms with Crippen LogP contribution in [0, 0.1) is 0 Å². The van der Waals surface area contributed by atoms with Gasteiger partial charge in [0, 0.05) is 5.69 Å². The Balaban J connectivity index is 1.51. The molecule has 1 amide bonds. The largest absolute Gasteiger partial charge is 0.399 e. The van der Waals surface area contributed by atoms with Gasteiger partial charge < -0.3 is 15.8 Å². The molecule has 6 heteroatoms. The summed E-state index contributed by atoms with van der Waals surface area (Å²) in [6.07, 6.45) is 5.46. The van der Waals surface area contributed by atoms with Crippen LogP contribution in [0.25, 0.3) is 10.2 Å². The number of anilines is 2. The Morgan fingerprint density at radius 2 is 2.24 bits per heavy atom. The van der Waals surface area contributed by atoms with Crippen molar-refractivity contribution in [2.75, 3.05) is 17.7 Å². The highest BCUT2D eigenvalue weighted by Crippen LogP contribution is 2.27. The first kappa shape index (κ1) is 14.3. The lowest BCUT2D eigenvalue weighted by Gasteiger charge is -2.10. The molecule has 3 N–H and O–H groups in total. The maximum atomic E-state index is 11.9. The van der Waals surface area contributed by atoms with Crippen molar-refractivity contribution in [3.05, 3.63) is 18.2 Å². The highest BCUT2D eigenvalue weighted by atomic mass is 32.1. The third kappa shape index (κ3) is 3.71. The number of benzene rings is 1. The van der Waals surface area contributed by atoms with E-state index >= 15 is 0 Å². The number of nitrogen functional groups attached to an aromatic ring is 1. The van der Waals surface area contributed by atoms with Crippen molar-refractivity contribution in [2.24, 2.45) is 0 Å². The van der Waals surface area contributed by atoms with Gasteiger partial charge >= 0.3 is 0 Å². The molecule has 0 atom stereocenters. The van der Waals surface area contributed by atoms with Crippen LogP contribution >= 0.6 is 11.3 Å². The quantitative estimate of drug-likeness (QED) is 0.832. The standard InChI is InChI=1S/C15H19N3O2S/c16-10-5-6-12-13(9-10)21-15(17-12)18-14(19)7-8-20-11-3-1-2-4-11/h5-6,9,11H,1-4,7-8,16H2,(H,17,18,19). The molecule has 0 bridgehead atoms. The molecule has 1 aromatic heterocycles. The van der Waals surface area contributed by atoms with Crippen LogP contribution in [0.1, 0.15) is 32.1 Å². The topological polar surface area (TPSA) is 77.2 Å². The number of amides is 1. The van der Waals surface area contributed by atoms with Crippen molar-refractivity contribution < 1.29 is 9.53 Å². The number of rotatable bonds is 5. The molecule has 2 aromatic rings. The molecule has 1 saturated carbocycles. The van der Waals surface area contributed by atoms with E-state index in [-0.39, 0.29) is 5.91 Å². The van der Waals surface area contributed by atoms with Crippen molar-refractivity contribution in [1.82, 2.24) is 4.98 Å². The minimum atomic E-state index is -0.0555. The van der Waals surface area contributed by atoms with Gasteiger partial charge in [0.15, 0.2) is 5.13 Å². The van der Waals surface area contributed by atoms with Gasteiger partial charge in [0.1, 0.15) is 0 Å². The van der Waals surface area contributed by atoms with Crippen molar-refractivity contribution in [3.8, 4) is 0 Å². The van der Waals surface area contributed by atoms with E-state index in [0.29, 0.717) is 30.0 Å². The number of nitrogens with zero attached hydrogens (tertiary/aromatic N) is 1. The molecular formula is C15H19N3O2S. The Labute approximate surface area is 127 Å². The van der Waals surface area contributed by atoms with Crippen LogP contribution in [-0.4, -0.2) is 23.6 Å². The average molecular weight is 305 g/mol. The summed E-state index contributed by atoms with van der Waals surface area (Å²) in [7, 11) is 0. The number of hydrogen-bond donors (Lipinski definition) is 2. The van der Waals surface area contributed by atoms with E-state index in [9.17, 15) is 4.79 Å². The molecule has 21 heavy (non-hydrogen) atoms. The fourth-order valence-electron chi connectivity index (χ4n) is 2.55. The third-order valence-electron chi connectivity index (χ3n) is 3.64. The number of carbonyl (C=O) groups excluding carboxylic acids is 1. The van der Waals surface area contributed by atoms with Crippen molar-refractivity contribution in [1.29, 1.82) is 0 Å². The first-order valence-electron chi connectivity index (χ1n) is 7.28. The number of fused-ring (bicyclic) bond motifs is 1. The monoisotopic (exact) mass is 305 g/mol. The summed E-state index contributed by atoms with van der Waals surface area (Å²) in [4.78, 5) is 16.3. The Bertz CT molecular complexity index is 635. The molecule has 1 aromatic carbocycles. The first-order chi connectivity index (χ1) is 10.2. The predicted molar refractivity (Wildman–Crippen MR) is 85.5 cm³/mol. The van der Waals surface area contributed by atoms with E-state index < -0.39 is 0 Å². The normalized spacial score (nSPS) is 15.6. The van der Waals surface area contributed by atoms with Crippen LogP contribution in [0.5, 0.6) is 0 Å². The number of nitrogens with one attached hydrogen (secondary N) is 1. The zero-order valence-electron chi connectivity index (χ0n) is 11.8. The summed E-state index contributed by atoms with van der Waals surface area (Å²) >= 11 is 1.43. The van der Waals surface area contributed by atoms with Crippen LogP contribution < -0.4 is 11.1 Å². The minimum Gasteiger partial charge on any atom is -0.399 e. The molecule has 0 saturated heterocycles. The maximum absolute atomic E-state index is 11.9. The Kier molecular flexibility index (Phi) is 4.36. The third-order valence-corrected chi connectivity index (χ3v) is 4.58. The summed E-state index contributed by atoms with van der Waals surface area (Å²) in [5, 5.41) is 3.44. The number of thiazole rings is 1. The van der Waals surface area contributed by atoms with Gasteiger partial charge in [-0.3, -0.25) is 4.79 Å². The zero-order valence-corrected chi connectivity index (χ0v) is 12.6. The molecule has 1 aliphatic rings. The summed E-state index contributed by atoms with van der Waals surface area (Å²) < 4.78 is 6.67. The van der Waals surface area contributed by atoms with E-state index in [1.165, 1.54) is 24.2 Å². The predicted octanol–water partition coefficient (Wildman–Crippen LogP) is 3.17. The van der Waals surface area contributed by atoms with E-state index in [4.69, 9.17) is 10.5 Å². The smallest absolute Gasteiger partial charge is 0.228 e. The minimum absolute atomic E-state index is 0.0555. The van der Waals surface area contributed by atoms with Crippen LogP contribution in [0.4, 0.5) is 10.8 Å². The number of nitrogens with two attached hydrogens (primary N) is 1. The summed E-state index contributed by atoms with van der Waals surface area (Å²) in [5.41, 5.74) is 7.29. The van der Waals surface area contributed by atoms with E-state index in [1.54, 1.807) is 0 Å². The maximum Gasteiger partial charge on any atom is 0.228 e. The second-order valence-corrected chi connectivity index (χ2v) is 6.35. The molecule has 1 aliphatic carbocycles. The van der Waals surface area contributed by atoms with Gasteiger partial charge in [-0.15, -0.1) is 0 Å². The number of carbonyl (C=O) groups is 1. The fourth-order valence-corrected chi connectivity index (χ4v) is 3.48. The molecule has 0 radical (unpaired) electrons. The van der Waals surface area contributed by atoms with Gasteiger partial charge in [-0.2, -0.15) is 0 Å². The summed E-state index contributed by atoms with van der Waals surface area (Å²) in [6, 6.07) is 5.54. The molecular weight excluding hydrogens is 286 g/mol. The Hall–Kier alpha value is -1.66. The molecule has 0 aliphatic heterocycles. The number of hydrogen-bond acceptors (Lipinski definition) is 5. The van der Waals surface area contributed by atoms with E-state index in [2.05, 4.69) is 10.3 Å². The van der Waals surface area contributed by atoms with Crippen LogP contribution in [0.3, 0.4) is 0 Å². The first-order valence-corrected chi connectivity index (χ1v) is 8.10. The van der Waals surface area contributed by atoms with Gasteiger partial charge in [0.05, 0.1) is 29.3 Å². The Morgan fingerprint density at radius 1 is 1.43 bits per heavy atom. The molecule has 0 spiro atoms. The second-order valence-electron chi connectivity index (χ2n) is 5.32. The van der Waals surface area contributed by atoms with E-state index in [0.717, 1.165) is 23.1 Å². The molecule has 0 unspecified atom stereocenters. The molecule has 1 fully saturated rings. The van der Waals surface area contributed by atoms with E-state index in [1.807, 2.05) is 18.2 Å². The van der Waals surface area contributed by atoms with Gasteiger partial charge in [-0.1, -0.05) is 24.2 Å². The lowest BCUT2D eigenvalue weighted by Crippen LogP contribution is -2.16.